The van der Waals surface area contributed by atoms with Crippen molar-refractivity contribution in [2.45, 2.75) is 46.1 Å². The van der Waals surface area contributed by atoms with Crippen molar-refractivity contribution in [2.24, 2.45) is 7.05 Å². The number of aryl methyl sites for hydroxylation is 2. The average molecular weight is 500 g/mol. The number of aliphatic hydroxyl groups is 1. The molecule has 0 fully saturated rings. The summed E-state index contributed by atoms with van der Waals surface area (Å²) in [6, 6.07) is 28.5. The summed E-state index contributed by atoms with van der Waals surface area (Å²) in [5, 5.41) is 15.7. The van der Waals surface area contributed by atoms with Crippen molar-refractivity contribution in [1.29, 1.82) is 0 Å². The summed E-state index contributed by atoms with van der Waals surface area (Å²) < 4.78 is 13.9. The van der Waals surface area contributed by atoms with E-state index in [1.165, 1.54) is 11.1 Å². The molecule has 3 aromatic carbocycles. The number of aromatic nitrogens is 2. The third-order valence-electron chi connectivity index (χ3n) is 6.09. The summed E-state index contributed by atoms with van der Waals surface area (Å²) in [6.45, 7) is 7.97. The summed E-state index contributed by atoms with van der Waals surface area (Å²) >= 11 is 0. The molecule has 1 N–H and O–H groups in total. The molecule has 0 saturated heterocycles. The first-order valence-electron chi connectivity index (χ1n) is 12.8. The van der Waals surface area contributed by atoms with Gasteiger partial charge in [0, 0.05) is 32.2 Å². The summed E-state index contributed by atoms with van der Waals surface area (Å²) in [5.41, 5.74) is 5.22. The van der Waals surface area contributed by atoms with Gasteiger partial charge in [-0.25, -0.2) is 4.68 Å². The Balaban J connectivity index is 1.69. The van der Waals surface area contributed by atoms with Crippen LogP contribution in [0.1, 0.15) is 30.5 Å². The quantitative estimate of drug-likeness (QED) is 0.260. The molecule has 0 amide bonds. The molecule has 4 aromatic rings. The van der Waals surface area contributed by atoms with Crippen LogP contribution in [0, 0.1) is 6.92 Å². The van der Waals surface area contributed by atoms with Gasteiger partial charge < -0.3 is 14.6 Å². The number of hydrogen-bond donors (Lipinski definition) is 1. The van der Waals surface area contributed by atoms with Gasteiger partial charge in [0.25, 0.3) is 0 Å². The van der Waals surface area contributed by atoms with Crippen LogP contribution >= 0.6 is 0 Å². The van der Waals surface area contributed by atoms with E-state index >= 15 is 0 Å². The van der Waals surface area contributed by atoms with Crippen LogP contribution in [0.15, 0.2) is 84.9 Å². The summed E-state index contributed by atoms with van der Waals surface area (Å²) in [7, 11) is 1.91. The largest absolute Gasteiger partial charge is 0.439 e. The van der Waals surface area contributed by atoms with Crippen molar-refractivity contribution in [1.82, 2.24) is 14.7 Å². The lowest BCUT2D eigenvalue weighted by atomic mass is 10.1. The Morgan fingerprint density at radius 2 is 1.54 bits per heavy atom. The topological polar surface area (TPSA) is 59.8 Å². The fourth-order valence-electron chi connectivity index (χ4n) is 4.27. The molecule has 0 aliphatic heterocycles. The highest BCUT2D eigenvalue weighted by molar-refractivity contribution is 5.65. The van der Waals surface area contributed by atoms with Gasteiger partial charge in [0.2, 0.25) is 5.88 Å². The Bertz CT molecular complexity index is 1240. The third-order valence-corrected chi connectivity index (χ3v) is 6.09. The SMILES string of the molecule is Cc1ccc(Oc2c(CN(Cc3ccccc3)CC(O)COC(C)C)c(-c3ccccc3)nn2C)cc1. The van der Waals surface area contributed by atoms with E-state index in [1.807, 2.05) is 81.6 Å². The summed E-state index contributed by atoms with van der Waals surface area (Å²) in [4.78, 5) is 2.23. The maximum absolute atomic E-state index is 10.8. The molecule has 6 heteroatoms. The molecular formula is C31H37N3O3. The first-order chi connectivity index (χ1) is 17.9. The van der Waals surface area contributed by atoms with Crippen LogP contribution in [-0.4, -0.2) is 45.1 Å². The van der Waals surface area contributed by atoms with Crippen LogP contribution in [0.25, 0.3) is 11.3 Å². The van der Waals surface area contributed by atoms with Crippen molar-refractivity contribution in [3.8, 4) is 22.9 Å². The zero-order valence-electron chi connectivity index (χ0n) is 22.2. The number of nitrogens with zero attached hydrogens (tertiary/aromatic N) is 3. The van der Waals surface area contributed by atoms with Crippen LogP contribution in [0.2, 0.25) is 0 Å². The van der Waals surface area contributed by atoms with Gasteiger partial charge in [-0.1, -0.05) is 78.4 Å². The highest BCUT2D eigenvalue weighted by Crippen LogP contribution is 2.34. The molecule has 0 bridgehead atoms. The zero-order chi connectivity index (χ0) is 26.2. The number of benzene rings is 3. The minimum Gasteiger partial charge on any atom is -0.439 e. The van der Waals surface area contributed by atoms with Gasteiger partial charge in [-0.2, -0.15) is 5.10 Å². The van der Waals surface area contributed by atoms with Crippen LogP contribution < -0.4 is 4.74 Å². The van der Waals surface area contributed by atoms with Gasteiger partial charge in [0.05, 0.1) is 24.4 Å². The first kappa shape index (κ1) is 26.6. The smallest absolute Gasteiger partial charge is 0.222 e. The monoisotopic (exact) mass is 499 g/mol. The highest BCUT2D eigenvalue weighted by atomic mass is 16.5. The van der Waals surface area contributed by atoms with Crippen molar-refractivity contribution in [2.75, 3.05) is 13.2 Å². The molecule has 4 rings (SSSR count). The zero-order valence-corrected chi connectivity index (χ0v) is 22.2. The predicted molar refractivity (Wildman–Crippen MR) is 148 cm³/mol. The van der Waals surface area contributed by atoms with Crippen LogP contribution in [-0.2, 0) is 24.9 Å². The normalized spacial score (nSPS) is 12.3. The molecule has 0 radical (unpaired) electrons. The van der Waals surface area contributed by atoms with Gasteiger partial charge in [-0.15, -0.1) is 0 Å². The molecule has 0 spiro atoms. The van der Waals surface area contributed by atoms with Gasteiger partial charge in [0.1, 0.15) is 11.4 Å². The Labute approximate surface area is 220 Å². The van der Waals surface area contributed by atoms with E-state index in [9.17, 15) is 5.11 Å². The van der Waals surface area contributed by atoms with Crippen molar-refractivity contribution >= 4 is 0 Å². The van der Waals surface area contributed by atoms with E-state index in [4.69, 9.17) is 14.6 Å². The minimum atomic E-state index is -0.621. The van der Waals surface area contributed by atoms with E-state index in [0.29, 0.717) is 25.5 Å². The van der Waals surface area contributed by atoms with E-state index in [2.05, 4.69) is 36.1 Å². The lowest BCUT2D eigenvalue weighted by Gasteiger charge is -2.26. The molecule has 0 saturated carbocycles. The van der Waals surface area contributed by atoms with Gasteiger partial charge >= 0.3 is 0 Å². The second-order valence-corrected chi connectivity index (χ2v) is 9.73. The van der Waals surface area contributed by atoms with Crippen LogP contribution in [0.4, 0.5) is 0 Å². The second kappa shape index (κ2) is 12.7. The molecule has 1 atom stereocenters. The summed E-state index contributed by atoms with van der Waals surface area (Å²) in [5.74, 6) is 1.45. The maximum Gasteiger partial charge on any atom is 0.222 e. The van der Waals surface area contributed by atoms with E-state index in [0.717, 1.165) is 22.6 Å². The molecule has 6 nitrogen and oxygen atoms in total. The molecule has 37 heavy (non-hydrogen) atoms. The van der Waals surface area contributed by atoms with Crippen molar-refractivity contribution in [3.63, 3.8) is 0 Å². The van der Waals surface area contributed by atoms with E-state index < -0.39 is 6.10 Å². The Morgan fingerprint density at radius 3 is 2.19 bits per heavy atom. The Morgan fingerprint density at radius 1 is 0.892 bits per heavy atom. The standard InChI is InChI=1S/C31H37N3O3/c1-23(2)36-22-27(35)20-34(19-25-11-7-5-8-12-25)21-29-30(26-13-9-6-10-14-26)32-33(4)31(29)37-28-17-15-24(3)16-18-28/h5-18,23,27,35H,19-22H2,1-4H3. The fraction of sp³-hybridized carbons (Fsp3) is 0.323. The first-order valence-corrected chi connectivity index (χ1v) is 12.8. The molecule has 1 unspecified atom stereocenters. The van der Waals surface area contributed by atoms with Gasteiger partial charge in [-0.05, 0) is 38.5 Å². The average Bonchev–Trinajstić information content (AvgIpc) is 3.19. The minimum absolute atomic E-state index is 0.0646. The van der Waals surface area contributed by atoms with Crippen LogP contribution in [0.3, 0.4) is 0 Å². The third kappa shape index (κ3) is 7.52. The number of hydrogen-bond acceptors (Lipinski definition) is 5. The van der Waals surface area contributed by atoms with Crippen molar-refractivity contribution < 1.29 is 14.6 Å². The summed E-state index contributed by atoms with van der Waals surface area (Å²) in [6.07, 6.45) is -0.556. The lowest BCUT2D eigenvalue weighted by Crippen LogP contribution is -2.35. The Hall–Kier alpha value is -3.45. The highest BCUT2D eigenvalue weighted by Gasteiger charge is 2.24. The fourth-order valence-corrected chi connectivity index (χ4v) is 4.27. The van der Waals surface area contributed by atoms with Gasteiger partial charge in [-0.3, -0.25) is 4.90 Å². The van der Waals surface area contributed by atoms with Crippen molar-refractivity contribution in [3.05, 3.63) is 102 Å². The Kier molecular flexibility index (Phi) is 9.12. The molecule has 1 aromatic heterocycles. The second-order valence-electron chi connectivity index (χ2n) is 9.73. The van der Waals surface area contributed by atoms with E-state index in [1.54, 1.807) is 4.68 Å². The molecular weight excluding hydrogens is 462 g/mol. The van der Waals surface area contributed by atoms with Gasteiger partial charge in [0.15, 0.2) is 0 Å². The number of rotatable bonds is 12. The van der Waals surface area contributed by atoms with E-state index in [-0.39, 0.29) is 12.7 Å². The molecule has 1 heterocycles. The number of aliphatic hydroxyl groups excluding tert-OH is 1. The van der Waals surface area contributed by atoms with Crippen LogP contribution in [0.5, 0.6) is 11.6 Å². The number of ether oxygens (including phenoxy) is 2. The predicted octanol–water partition coefficient (Wildman–Crippen LogP) is 5.98. The lowest BCUT2D eigenvalue weighted by molar-refractivity contribution is -0.0107. The molecule has 194 valence electrons. The molecule has 0 aliphatic carbocycles. The maximum atomic E-state index is 10.8. The molecule has 0 aliphatic rings.